The van der Waals surface area contributed by atoms with Crippen LogP contribution in [0.4, 0.5) is 4.79 Å². The van der Waals surface area contributed by atoms with Crippen molar-refractivity contribution >= 4 is 17.7 Å². The maximum Gasteiger partial charge on any atom is 0.325 e. The Morgan fingerprint density at radius 1 is 1.10 bits per heavy atom. The second-order valence-electron chi connectivity index (χ2n) is 8.19. The largest absolute Gasteiger partial charge is 0.493 e. The zero-order valence-corrected chi connectivity index (χ0v) is 19.0. The third-order valence-electron chi connectivity index (χ3n) is 5.84. The van der Waals surface area contributed by atoms with Gasteiger partial charge in [0.25, 0.3) is 5.91 Å². The topological polar surface area (TPSA) is 89.9 Å². The summed E-state index contributed by atoms with van der Waals surface area (Å²) in [6, 6.07) is 6.43. The van der Waals surface area contributed by atoms with Crippen LogP contribution in [0.1, 0.15) is 54.1 Å². The number of hydrogen-bond acceptors (Lipinski definition) is 5. The molecular weight excluding hydrogens is 398 g/mol. The summed E-state index contributed by atoms with van der Waals surface area (Å²) < 4.78 is 12.6. The number of nitrogens with zero attached hydrogens (tertiary/aromatic N) is 2. The number of amides is 3. The monoisotopic (exact) mass is 427 g/mol. The van der Waals surface area contributed by atoms with E-state index >= 15 is 0 Å². The predicted octanol–water partition coefficient (Wildman–Crippen LogP) is 3.35. The van der Waals surface area contributed by atoms with Gasteiger partial charge in [0.05, 0.1) is 20.8 Å². The fraction of sp³-hybridized carbons (Fsp3) is 0.435. The number of benzene rings is 1. The van der Waals surface area contributed by atoms with Gasteiger partial charge in [0.1, 0.15) is 5.54 Å². The molecule has 2 heterocycles. The van der Waals surface area contributed by atoms with Crippen molar-refractivity contribution in [2.75, 3.05) is 20.8 Å². The lowest BCUT2D eigenvalue weighted by Crippen LogP contribution is -2.41. The number of nitrogens with one attached hydrogen (secondary N) is 1. The molecule has 1 aromatic heterocycles. The van der Waals surface area contributed by atoms with Crippen LogP contribution in [0.5, 0.6) is 11.5 Å². The van der Waals surface area contributed by atoms with Gasteiger partial charge >= 0.3 is 6.03 Å². The summed E-state index contributed by atoms with van der Waals surface area (Å²) in [7, 11) is 3.02. The summed E-state index contributed by atoms with van der Waals surface area (Å²) in [5.74, 6) is 0.189. The Bertz CT molecular complexity index is 1060. The molecule has 1 fully saturated rings. The molecule has 0 radical (unpaired) electrons. The van der Waals surface area contributed by atoms with E-state index in [1.807, 2.05) is 33.8 Å². The van der Waals surface area contributed by atoms with Gasteiger partial charge in [0, 0.05) is 23.0 Å². The molecule has 8 nitrogen and oxygen atoms in total. The number of hydrogen-bond donors (Lipinski definition) is 1. The van der Waals surface area contributed by atoms with E-state index in [2.05, 4.69) is 9.88 Å². The van der Waals surface area contributed by atoms with E-state index in [0.717, 1.165) is 16.3 Å². The fourth-order valence-electron chi connectivity index (χ4n) is 4.27. The molecule has 1 aliphatic rings. The third-order valence-corrected chi connectivity index (χ3v) is 5.84. The summed E-state index contributed by atoms with van der Waals surface area (Å²) in [4.78, 5) is 39.9. The standard InChI is InChI=1S/C23H29N3O5/c1-13(2)26-14(3)10-17(15(26)4)18(27)12-25-21(28)23(5,24-22(25)29)16-8-9-19(30-6)20(11-16)31-7/h8-11,13H,12H2,1-7H3,(H,24,29)/t23-/m1/s1. The highest BCUT2D eigenvalue weighted by molar-refractivity contribution is 6.11. The van der Waals surface area contributed by atoms with Gasteiger partial charge in [-0.3, -0.25) is 14.5 Å². The summed E-state index contributed by atoms with van der Waals surface area (Å²) in [6.45, 7) is 9.19. The fourth-order valence-corrected chi connectivity index (χ4v) is 4.27. The average Bonchev–Trinajstić information content (AvgIpc) is 3.15. The molecule has 31 heavy (non-hydrogen) atoms. The van der Waals surface area contributed by atoms with Crippen LogP contribution >= 0.6 is 0 Å². The third kappa shape index (κ3) is 3.66. The Hall–Kier alpha value is -3.29. The highest BCUT2D eigenvalue weighted by Crippen LogP contribution is 2.35. The van der Waals surface area contributed by atoms with Gasteiger partial charge in [-0.15, -0.1) is 0 Å². The molecule has 2 aromatic rings. The molecule has 1 N–H and O–H groups in total. The number of urea groups is 1. The second kappa shape index (κ2) is 8.09. The van der Waals surface area contributed by atoms with Crippen molar-refractivity contribution < 1.29 is 23.9 Å². The zero-order chi connectivity index (χ0) is 23.1. The van der Waals surface area contributed by atoms with Crippen molar-refractivity contribution in [2.24, 2.45) is 0 Å². The molecule has 0 spiro atoms. The minimum Gasteiger partial charge on any atom is -0.493 e. The van der Waals surface area contributed by atoms with Crippen LogP contribution in [0.3, 0.4) is 0 Å². The molecule has 0 aliphatic carbocycles. The summed E-state index contributed by atoms with van der Waals surface area (Å²) >= 11 is 0. The van der Waals surface area contributed by atoms with E-state index < -0.39 is 17.5 Å². The van der Waals surface area contributed by atoms with Crippen molar-refractivity contribution in [1.82, 2.24) is 14.8 Å². The molecule has 0 saturated carbocycles. The molecule has 0 bridgehead atoms. The Kier molecular flexibility index (Phi) is 5.85. The first-order valence-corrected chi connectivity index (χ1v) is 10.1. The molecule has 3 rings (SSSR count). The van der Waals surface area contributed by atoms with Crippen molar-refractivity contribution in [1.29, 1.82) is 0 Å². The van der Waals surface area contributed by atoms with E-state index in [-0.39, 0.29) is 18.4 Å². The number of ether oxygens (including phenoxy) is 2. The molecule has 3 amide bonds. The lowest BCUT2D eigenvalue weighted by molar-refractivity contribution is -0.130. The molecular formula is C23H29N3O5. The van der Waals surface area contributed by atoms with E-state index in [0.29, 0.717) is 22.6 Å². The summed E-state index contributed by atoms with van der Waals surface area (Å²) in [6.07, 6.45) is 0. The van der Waals surface area contributed by atoms with Gasteiger partial charge < -0.3 is 19.4 Å². The summed E-state index contributed by atoms with van der Waals surface area (Å²) in [5.41, 5.74) is 1.53. The van der Waals surface area contributed by atoms with Crippen molar-refractivity contribution in [2.45, 2.75) is 46.2 Å². The Morgan fingerprint density at radius 2 is 1.74 bits per heavy atom. The maximum atomic E-state index is 13.2. The number of ketones is 1. The molecule has 166 valence electrons. The Labute approximate surface area is 182 Å². The minimum atomic E-state index is -1.31. The first-order chi connectivity index (χ1) is 14.5. The van der Waals surface area contributed by atoms with Gasteiger partial charge in [-0.05, 0) is 58.4 Å². The van der Waals surface area contributed by atoms with Crippen molar-refractivity contribution in [3.05, 3.63) is 46.8 Å². The van der Waals surface area contributed by atoms with Gasteiger partial charge in [-0.1, -0.05) is 6.07 Å². The predicted molar refractivity (Wildman–Crippen MR) is 116 cm³/mol. The molecule has 1 atom stereocenters. The van der Waals surface area contributed by atoms with Gasteiger partial charge in [-0.25, -0.2) is 4.79 Å². The van der Waals surface area contributed by atoms with Crippen LogP contribution in [0.15, 0.2) is 24.3 Å². The van der Waals surface area contributed by atoms with Crippen molar-refractivity contribution in [3.8, 4) is 11.5 Å². The van der Waals surface area contributed by atoms with Crippen LogP contribution in [-0.2, 0) is 10.3 Å². The van der Waals surface area contributed by atoms with E-state index in [9.17, 15) is 14.4 Å². The first kappa shape index (κ1) is 22.4. The summed E-state index contributed by atoms with van der Waals surface area (Å²) in [5, 5.41) is 2.73. The zero-order valence-electron chi connectivity index (χ0n) is 19.0. The number of imide groups is 1. The first-order valence-electron chi connectivity index (χ1n) is 10.1. The van der Waals surface area contributed by atoms with Crippen molar-refractivity contribution in [3.63, 3.8) is 0 Å². The van der Waals surface area contributed by atoms with Crippen LogP contribution in [0, 0.1) is 13.8 Å². The minimum absolute atomic E-state index is 0.201. The number of aryl methyl sites for hydroxylation is 1. The molecule has 1 aromatic carbocycles. The van der Waals surface area contributed by atoms with Crippen LogP contribution in [0.25, 0.3) is 0 Å². The lowest BCUT2D eigenvalue weighted by Gasteiger charge is -2.23. The van der Waals surface area contributed by atoms with Crippen LogP contribution in [0.2, 0.25) is 0 Å². The van der Waals surface area contributed by atoms with E-state index in [1.165, 1.54) is 14.2 Å². The average molecular weight is 428 g/mol. The SMILES string of the molecule is COc1ccc([C@@]2(C)NC(=O)N(CC(=O)c3cc(C)n(C(C)C)c3C)C2=O)cc1OC. The van der Waals surface area contributed by atoms with Gasteiger partial charge in [-0.2, -0.15) is 0 Å². The molecule has 1 saturated heterocycles. The highest BCUT2D eigenvalue weighted by atomic mass is 16.5. The Balaban J connectivity index is 1.89. The van der Waals surface area contributed by atoms with E-state index in [1.54, 1.807) is 25.1 Å². The number of methoxy groups -OCH3 is 2. The number of aromatic nitrogens is 1. The molecule has 1 aliphatic heterocycles. The van der Waals surface area contributed by atoms with Gasteiger partial charge in [0.2, 0.25) is 0 Å². The molecule has 0 unspecified atom stereocenters. The number of Topliss-reactive ketones (excluding diaryl/α,β-unsaturated/α-hetero) is 1. The quantitative estimate of drug-likeness (QED) is 0.541. The normalized spacial score (nSPS) is 18.5. The Morgan fingerprint density at radius 3 is 2.29 bits per heavy atom. The van der Waals surface area contributed by atoms with Crippen LogP contribution in [-0.4, -0.2) is 48.0 Å². The van der Waals surface area contributed by atoms with E-state index in [4.69, 9.17) is 9.47 Å². The number of carbonyl (C=O) groups is 3. The number of carbonyl (C=O) groups excluding carboxylic acids is 3. The smallest absolute Gasteiger partial charge is 0.325 e. The van der Waals surface area contributed by atoms with Crippen LogP contribution < -0.4 is 14.8 Å². The van der Waals surface area contributed by atoms with Gasteiger partial charge in [0.15, 0.2) is 17.3 Å². The molecule has 8 heteroatoms. The maximum absolute atomic E-state index is 13.2. The number of rotatable bonds is 7. The second-order valence-corrected chi connectivity index (χ2v) is 8.19. The lowest BCUT2D eigenvalue weighted by atomic mass is 9.91. The highest BCUT2D eigenvalue weighted by Gasteiger charge is 2.49.